The number of rotatable bonds is 4. The first-order valence-corrected chi connectivity index (χ1v) is 11.9. The predicted molar refractivity (Wildman–Crippen MR) is 140 cm³/mol. The molecule has 1 fully saturated rings. The first-order chi connectivity index (χ1) is 16.9. The van der Waals surface area contributed by atoms with Crippen molar-refractivity contribution in [3.63, 3.8) is 0 Å². The number of nitrogens with zero attached hydrogens (tertiary/aromatic N) is 2. The number of aliphatic hydroxyl groups is 1. The highest BCUT2D eigenvalue weighted by atomic mass is 35.5. The SMILES string of the molecule is Cn1ccc2cc(C(=O)c3c(O)[nH]c4cc(Cl)c(-c5ccc(N6CCC(O)C6)cc5)cc34)ccc21. The average Bonchev–Trinajstić information content (AvgIpc) is 3.54. The third-order valence-corrected chi connectivity index (χ3v) is 7.26. The highest BCUT2D eigenvalue weighted by Gasteiger charge is 2.23. The number of aryl methyl sites for hydroxylation is 1. The molecule has 0 saturated carbocycles. The van der Waals surface area contributed by atoms with Crippen molar-refractivity contribution in [1.82, 2.24) is 9.55 Å². The summed E-state index contributed by atoms with van der Waals surface area (Å²) in [6.45, 7) is 1.46. The van der Waals surface area contributed by atoms with Crippen LogP contribution in [0.3, 0.4) is 0 Å². The van der Waals surface area contributed by atoms with Gasteiger partial charge in [0.1, 0.15) is 0 Å². The molecule has 0 amide bonds. The van der Waals surface area contributed by atoms with Crippen molar-refractivity contribution in [2.75, 3.05) is 18.0 Å². The Bertz CT molecular complexity index is 1600. The summed E-state index contributed by atoms with van der Waals surface area (Å²) in [7, 11) is 1.96. The van der Waals surface area contributed by atoms with E-state index in [-0.39, 0.29) is 23.3 Å². The van der Waals surface area contributed by atoms with E-state index in [9.17, 15) is 15.0 Å². The maximum absolute atomic E-state index is 13.5. The van der Waals surface area contributed by atoms with Crippen molar-refractivity contribution in [2.45, 2.75) is 12.5 Å². The number of aliphatic hydroxyl groups excluding tert-OH is 1. The predicted octanol–water partition coefficient (Wildman–Crippen LogP) is 5.49. The summed E-state index contributed by atoms with van der Waals surface area (Å²) < 4.78 is 2.00. The second kappa shape index (κ2) is 8.18. The van der Waals surface area contributed by atoms with E-state index in [0.717, 1.165) is 40.7 Å². The van der Waals surface area contributed by atoms with Crippen LogP contribution >= 0.6 is 11.6 Å². The second-order valence-electron chi connectivity index (χ2n) is 9.19. The Morgan fingerprint density at radius 1 is 1.09 bits per heavy atom. The molecule has 3 heterocycles. The van der Waals surface area contributed by atoms with Gasteiger partial charge >= 0.3 is 0 Å². The number of ketones is 1. The van der Waals surface area contributed by atoms with Gasteiger partial charge in [0.15, 0.2) is 5.78 Å². The number of anilines is 1. The molecule has 35 heavy (non-hydrogen) atoms. The van der Waals surface area contributed by atoms with Crippen LogP contribution in [0.4, 0.5) is 5.69 Å². The maximum atomic E-state index is 13.5. The van der Waals surface area contributed by atoms with Crippen LogP contribution in [-0.2, 0) is 7.05 Å². The number of nitrogens with one attached hydrogen (secondary N) is 1. The number of aromatic nitrogens is 2. The molecule has 1 aliphatic rings. The molecule has 3 aromatic carbocycles. The zero-order chi connectivity index (χ0) is 24.3. The van der Waals surface area contributed by atoms with Crippen LogP contribution in [0.1, 0.15) is 22.3 Å². The smallest absolute Gasteiger partial charge is 0.200 e. The zero-order valence-electron chi connectivity index (χ0n) is 19.1. The maximum Gasteiger partial charge on any atom is 0.200 e. The van der Waals surface area contributed by atoms with E-state index in [0.29, 0.717) is 28.0 Å². The molecule has 176 valence electrons. The Labute approximate surface area is 207 Å². The first-order valence-electron chi connectivity index (χ1n) is 11.6. The Morgan fingerprint density at radius 3 is 2.63 bits per heavy atom. The fourth-order valence-electron chi connectivity index (χ4n) is 5.05. The molecule has 5 aromatic rings. The van der Waals surface area contributed by atoms with Gasteiger partial charge in [0.25, 0.3) is 0 Å². The van der Waals surface area contributed by atoms with E-state index in [1.807, 2.05) is 66.3 Å². The molecule has 1 saturated heterocycles. The number of H-pyrrole nitrogens is 1. The molecule has 3 N–H and O–H groups in total. The Kier molecular flexibility index (Phi) is 5.09. The van der Waals surface area contributed by atoms with E-state index < -0.39 is 0 Å². The molecule has 0 aliphatic carbocycles. The molecule has 0 spiro atoms. The van der Waals surface area contributed by atoms with Gasteiger partial charge in [0, 0.05) is 59.4 Å². The number of hydrogen-bond acceptors (Lipinski definition) is 4. The van der Waals surface area contributed by atoms with Crippen LogP contribution in [0, 0.1) is 0 Å². The summed E-state index contributed by atoms with van der Waals surface area (Å²) in [5, 5.41) is 22.6. The fraction of sp³-hybridized carbons (Fsp3) is 0.179. The van der Waals surface area contributed by atoms with Crippen LogP contribution < -0.4 is 4.90 Å². The lowest BCUT2D eigenvalue weighted by molar-refractivity contribution is 0.103. The van der Waals surface area contributed by atoms with E-state index in [1.165, 1.54) is 0 Å². The van der Waals surface area contributed by atoms with Gasteiger partial charge in [-0.25, -0.2) is 0 Å². The molecule has 6 nitrogen and oxygen atoms in total. The number of hydrogen-bond donors (Lipinski definition) is 3. The van der Waals surface area contributed by atoms with Crippen LogP contribution in [0.5, 0.6) is 5.88 Å². The third-order valence-electron chi connectivity index (χ3n) is 6.95. The molecular formula is C28H24ClN3O3. The highest BCUT2D eigenvalue weighted by Crippen LogP contribution is 2.38. The summed E-state index contributed by atoms with van der Waals surface area (Å²) in [6.07, 6.45) is 2.44. The molecule has 1 aliphatic heterocycles. The summed E-state index contributed by atoms with van der Waals surface area (Å²) in [6, 6.07) is 19.1. The molecular weight excluding hydrogens is 462 g/mol. The van der Waals surface area contributed by atoms with Crippen LogP contribution in [0.2, 0.25) is 5.02 Å². The Morgan fingerprint density at radius 2 is 1.89 bits per heavy atom. The van der Waals surface area contributed by atoms with Crippen LogP contribution in [0.25, 0.3) is 32.9 Å². The molecule has 0 radical (unpaired) electrons. The largest absolute Gasteiger partial charge is 0.494 e. The summed E-state index contributed by atoms with van der Waals surface area (Å²) in [4.78, 5) is 18.6. The van der Waals surface area contributed by atoms with Gasteiger partial charge < -0.3 is 24.7 Å². The van der Waals surface area contributed by atoms with Gasteiger partial charge in [-0.3, -0.25) is 4.79 Å². The number of aromatic hydroxyl groups is 1. The van der Waals surface area contributed by atoms with Crippen molar-refractivity contribution in [2.24, 2.45) is 7.05 Å². The van der Waals surface area contributed by atoms with Gasteiger partial charge in [-0.15, -0.1) is 0 Å². The Balaban J connectivity index is 1.40. The summed E-state index contributed by atoms with van der Waals surface area (Å²) in [5.41, 5.74) is 5.11. The third kappa shape index (κ3) is 3.66. The summed E-state index contributed by atoms with van der Waals surface area (Å²) >= 11 is 6.62. The lowest BCUT2D eigenvalue weighted by Gasteiger charge is -2.18. The van der Waals surface area contributed by atoms with Crippen molar-refractivity contribution in [1.29, 1.82) is 0 Å². The Hall–Kier alpha value is -3.74. The number of halogens is 1. The fourth-order valence-corrected chi connectivity index (χ4v) is 5.32. The standard InChI is InChI=1S/C28H24ClN3O3/c1-31-10-8-17-12-18(4-7-25(17)31)27(34)26-22-13-21(23(29)14-24(22)30-28(26)35)16-2-5-19(6-3-16)32-11-9-20(33)15-32/h2-8,10,12-14,20,30,33,35H,9,11,15H2,1H3. The van der Waals surface area contributed by atoms with E-state index >= 15 is 0 Å². The number of benzene rings is 3. The van der Waals surface area contributed by atoms with Gasteiger partial charge in [-0.2, -0.15) is 0 Å². The minimum atomic E-state index is -0.286. The molecule has 7 heteroatoms. The normalized spacial score (nSPS) is 16.0. The van der Waals surface area contributed by atoms with E-state index in [4.69, 9.17) is 11.6 Å². The van der Waals surface area contributed by atoms with Crippen LogP contribution in [0.15, 0.2) is 66.9 Å². The molecule has 0 bridgehead atoms. The van der Waals surface area contributed by atoms with Crippen molar-refractivity contribution >= 4 is 44.9 Å². The first kappa shape index (κ1) is 21.8. The zero-order valence-corrected chi connectivity index (χ0v) is 19.9. The van der Waals surface area contributed by atoms with Crippen LogP contribution in [-0.4, -0.2) is 44.7 Å². The average molecular weight is 486 g/mol. The number of carbonyl (C=O) groups excluding carboxylic acids is 1. The number of carbonyl (C=O) groups is 1. The second-order valence-corrected chi connectivity index (χ2v) is 9.60. The number of β-amino-alcohol motifs (C(OH)–C–C–N with tert-alkyl or cyclic N) is 1. The molecule has 2 aromatic heterocycles. The lowest BCUT2D eigenvalue weighted by Crippen LogP contribution is -2.20. The number of fused-ring (bicyclic) bond motifs is 2. The molecule has 1 unspecified atom stereocenters. The van der Waals surface area contributed by atoms with Crippen molar-refractivity contribution in [3.05, 3.63) is 83.0 Å². The quantitative estimate of drug-likeness (QED) is 0.294. The monoisotopic (exact) mass is 485 g/mol. The molecule has 6 rings (SSSR count). The summed E-state index contributed by atoms with van der Waals surface area (Å²) in [5.74, 6) is -0.426. The van der Waals surface area contributed by atoms with Gasteiger partial charge in [0.2, 0.25) is 5.88 Å². The number of aromatic amines is 1. The molecule has 1 atom stereocenters. The lowest BCUT2D eigenvalue weighted by atomic mass is 9.98. The minimum absolute atomic E-state index is 0.172. The topological polar surface area (TPSA) is 81.5 Å². The van der Waals surface area contributed by atoms with E-state index in [1.54, 1.807) is 12.1 Å². The van der Waals surface area contributed by atoms with Crippen molar-refractivity contribution < 1.29 is 15.0 Å². The van der Waals surface area contributed by atoms with Crippen molar-refractivity contribution in [3.8, 4) is 17.0 Å². The van der Waals surface area contributed by atoms with Gasteiger partial charge in [-0.1, -0.05) is 23.7 Å². The highest BCUT2D eigenvalue weighted by molar-refractivity contribution is 6.34. The van der Waals surface area contributed by atoms with Gasteiger partial charge in [0.05, 0.1) is 22.2 Å². The minimum Gasteiger partial charge on any atom is -0.494 e. The van der Waals surface area contributed by atoms with E-state index in [2.05, 4.69) is 9.88 Å². The van der Waals surface area contributed by atoms with Gasteiger partial charge in [-0.05, 0) is 60.5 Å².